The van der Waals surface area contributed by atoms with E-state index >= 15 is 0 Å². The second-order valence-electron chi connectivity index (χ2n) is 4.90. The van der Waals surface area contributed by atoms with Crippen LogP contribution in [0.2, 0.25) is 0 Å². The molecule has 2 unspecified atom stereocenters. The Morgan fingerprint density at radius 3 is 2.48 bits per heavy atom. The first-order valence-electron chi connectivity index (χ1n) is 7.00. The molecule has 4 heteroatoms. The third-order valence-electron chi connectivity index (χ3n) is 3.21. The van der Waals surface area contributed by atoms with Gasteiger partial charge in [0.15, 0.2) is 0 Å². The number of hydrogen-bond acceptors (Lipinski definition) is 3. The minimum atomic E-state index is -0.535. The highest BCUT2D eigenvalue weighted by Crippen LogP contribution is 2.18. The summed E-state index contributed by atoms with van der Waals surface area (Å²) in [5.41, 5.74) is 2.16. The van der Waals surface area contributed by atoms with Gasteiger partial charge in [-0.15, -0.1) is 0 Å². The summed E-state index contributed by atoms with van der Waals surface area (Å²) in [4.78, 5) is 0. The number of halogens is 1. The quantitative estimate of drug-likeness (QED) is 0.698. The number of benzene rings is 2. The van der Waals surface area contributed by atoms with E-state index in [0.29, 0.717) is 13.2 Å². The Morgan fingerprint density at radius 2 is 1.76 bits per heavy atom. The molecule has 0 heterocycles. The van der Waals surface area contributed by atoms with Gasteiger partial charge in [-0.3, -0.25) is 0 Å². The average Bonchev–Trinajstić information content (AvgIpc) is 2.52. The van der Waals surface area contributed by atoms with Gasteiger partial charge in [-0.1, -0.05) is 42.5 Å². The van der Waals surface area contributed by atoms with E-state index in [4.69, 9.17) is 4.74 Å². The molecule has 0 fully saturated rings. The summed E-state index contributed by atoms with van der Waals surface area (Å²) >= 11 is 2.27. The molecule has 0 saturated carbocycles. The van der Waals surface area contributed by atoms with Crippen LogP contribution in [0.1, 0.15) is 18.6 Å². The first-order valence-corrected chi connectivity index (χ1v) is 8.07. The summed E-state index contributed by atoms with van der Waals surface area (Å²) in [6.07, 6.45) is -0.551. The molecule has 21 heavy (non-hydrogen) atoms. The Hall–Kier alpha value is -1.11. The van der Waals surface area contributed by atoms with Gasteiger partial charge in [0.05, 0.1) is 18.8 Å². The molecule has 2 N–H and O–H groups in total. The predicted octanol–water partition coefficient (Wildman–Crippen LogP) is 3.84. The standard InChI is InChI=1S/C17H20INO2/c1-13(14-7-3-2-4-8-14)21-12-15(20)11-19-17-10-6-5-9-16(17)18/h2-10,13,15,19-20H,11-12H2,1H3. The molecule has 0 amide bonds. The lowest BCUT2D eigenvalue weighted by atomic mass is 10.1. The zero-order chi connectivity index (χ0) is 15.1. The summed E-state index contributed by atoms with van der Waals surface area (Å²) in [6, 6.07) is 18.0. The number of nitrogens with one attached hydrogen (secondary N) is 1. The minimum absolute atomic E-state index is 0.0160. The van der Waals surface area contributed by atoms with E-state index in [0.717, 1.165) is 14.8 Å². The highest BCUT2D eigenvalue weighted by Gasteiger charge is 2.10. The van der Waals surface area contributed by atoms with Gasteiger partial charge in [-0.25, -0.2) is 0 Å². The molecule has 3 nitrogen and oxygen atoms in total. The van der Waals surface area contributed by atoms with Crippen molar-refractivity contribution < 1.29 is 9.84 Å². The van der Waals surface area contributed by atoms with Crippen LogP contribution >= 0.6 is 22.6 Å². The largest absolute Gasteiger partial charge is 0.389 e. The van der Waals surface area contributed by atoms with Gasteiger partial charge in [0.2, 0.25) is 0 Å². The van der Waals surface area contributed by atoms with Crippen molar-refractivity contribution in [3.63, 3.8) is 0 Å². The van der Waals surface area contributed by atoms with E-state index in [2.05, 4.69) is 27.9 Å². The molecule has 2 aromatic carbocycles. The number of hydrogen-bond donors (Lipinski definition) is 2. The van der Waals surface area contributed by atoms with Crippen LogP contribution in [-0.4, -0.2) is 24.4 Å². The van der Waals surface area contributed by atoms with E-state index in [9.17, 15) is 5.11 Å². The summed E-state index contributed by atoms with van der Waals surface area (Å²) in [7, 11) is 0. The lowest BCUT2D eigenvalue weighted by Crippen LogP contribution is -2.25. The third-order valence-corrected chi connectivity index (χ3v) is 4.15. The van der Waals surface area contributed by atoms with Crippen molar-refractivity contribution in [1.29, 1.82) is 0 Å². The Kier molecular flexibility index (Phi) is 6.48. The van der Waals surface area contributed by atoms with Crippen LogP contribution in [0.5, 0.6) is 0 Å². The van der Waals surface area contributed by atoms with Crippen molar-refractivity contribution in [2.45, 2.75) is 19.1 Å². The molecule has 2 rings (SSSR count). The van der Waals surface area contributed by atoms with Crippen LogP contribution in [0.4, 0.5) is 5.69 Å². The van der Waals surface area contributed by atoms with Gasteiger partial charge in [-0.2, -0.15) is 0 Å². The smallest absolute Gasteiger partial charge is 0.0945 e. The van der Waals surface area contributed by atoms with E-state index in [1.165, 1.54) is 0 Å². The summed E-state index contributed by atoms with van der Waals surface area (Å²) in [5, 5.41) is 13.2. The van der Waals surface area contributed by atoms with Gasteiger partial charge in [0, 0.05) is 15.8 Å². The zero-order valence-corrected chi connectivity index (χ0v) is 14.2. The Balaban J connectivity index is 1.75. The molecule has 2 atom stereocenters. The summed E-state index contributed by atoms with van der Waals surface area (Å²) in [5.74, 6) is 0. The molecule has 0 bridgehead atoms. The van der Waals surface area contributed by atoms with Crippen molar-refractivity contribution in [1.82, 2.24) is 0 Å². The minimum Gasteiger partial charge on any atom is -0.389 e. The highest BCUT2D eigenvalue weighted by atomic mass is 127. The first kappa shape index (κ1) is 16.3. The Bertz CT molecular complexity index is 547. The van der Waals surface area contributed by atoms with Gasteiger partial charge in [0.25, 0.3) is 0 Å². The highest BCUT2D eigenvalue weighted by molar-refractivity contribution is 14.1. The fraction of sp³-hybridized carbons (Fsp3) is 0.294. The molecular formula is C17H20INO2. The third kappa shape index (κ3) is 5.30. The number of aliphatic hydroxyl groups excluding tert-OH is 1. The predicted molar refractivity (Wildman–Crippen MR) is 94.5 cm³/mol. The number of para-hydroxylation sites is 1. The molecule has 0 radical (unpaired) electrons. The molecule has 0 spiro atoms. The number of rotatable bonds is 7. The van der Waals surface area contributed by atoms with Gasteiger partial charge in [0.1, 0.15) is 0 Å². The van der Waals surface area contributed by atoms with E-state index in [-0.39, 0.29) is 6.10 Å². The summed E-state index contributed by atoms with van der Waals surface area (Å²) in [6.45, 7) is 2.78. The van der Waals surface area contributed by atoms with E-state index in [1.54, 1.807) is 0 Å². The molecule has 0 aliphatic carbocycles. The van der Waals surface area contributed by atoms with Crippen molar-refractivity contribution in [3.05, 3.63) is 63.7 Å². The maximum atomic E-state index is 10.0. The fourth-order valence-electron chi connectivity index (χ4n) is 1.97. The number of anilines is 1. The topological polar surface area (TPSA) is 41.5 Å². The van der Waals surface area contributed by atoms with E-state index in [1.807, 2.05) is 61.5 Å². The van der Waals surface area contributed by atoms with Gasteiger partial charge < -0.3 is 15.2 Å². The van der Waals surface area contributed by atoms with Crippen molar-refractivity contribution >= 4 is 28.3 Å². The van der Waals surface area contributed by atoms with Crippen LogP contribution in [0.25, 0.3) is 0 Å². The molecule has 2 aromatic rings. The fourth-order valence-corrected chi connectivity index (χ4v) is 2.55. The molecular weight excluding hydrogens is 377 g/mol. The van der Waals surface area contributed by atoms with Crippen LogP contribution in [-0.2, 0) is 4.74 Å². The maximum absolute atomic E-state index is 10.0. The first-order chi connectivity index (χ1) is 10.2. The average molecular weight is 397 g/mol. The monoisotopic (exact) mass is 397 g/mol. The van der Waals surface area contributed by atoms with Crippen molar-refractivity contribution in [3.8, 4) is 0 Å². The van der Waals surface area contributed by atoms with Crippen LogP contribution in [0.15, 0.2) is 54.6 Å². The second kappa shape index (κ2) is 8.36. The zero-order valence-electron chi connectivity index (χ0n) is 12.0. The SMILES string of the molecule is CC(OCC(O)CNc1ccccc1I)c1ccccc1. The van der Waals surface area contributed by atoms with Crippen LogP contribution < -0.4 is 5.32 Å². The van der Waals surface area contributed by atoms with Gasteiger partial charge >= 0.3 is 0 Å². The maximum Gasteiger partial charge on any atom is 0.0945 e. The number of aliphatic hydroxyl groups is 1. The van der Waals surface area contributed by atoms with Crippen molar-refractivity contribution in [2.75, 3.05) is 18.5 Å². The Labute approximate surface area is 139 Å². The van der Waals surface area contributed by atoms with Crippen LogP contribution in [0.3, 0.4) is 0 Å². The second-order valence-corrected chi connectivity index (χ2v) is 6.06. The lowest BCUT2D eigenvalue weighted by Gasteiger charge is -2.18. The lowest BCUT2D eigenvalue weighted by molar-refractivity contribution is 0.00243. The molecule has 0 saturated heterocycles. The van der Waals surface area contributed by atoms with Crippen LogP contribution in [0, 0.1) is 3.57 Å². The molecule has 112 valence electrons. The number of ether oxygens (including phenoxy) is 1. The van der Waals surface area contributed by atoms with E-state index < -0.39 is 6.10 Å². The van der Waals surface area contributed by atoms with Crippen molar-refractivity contribution in [2.24, 2.45) is 0 Å². The molecule has 0 aliphatic heterocycles. The summed E-state index contributed by atoms with van der Waals surface area (Å²) < 4.78 is 6.86. The Morgan fingerprint density at radius 1 is 1.10 bits per heavy atom. The van der Waals surface area contributed by atoms with Gasteiger partial charge in [-0.05, 0) is 47.2 Å². The molecule has 0 aliphatic rings. The normalized spacial score (nSPS) is 13.7. The molecule has 0 aromatic heterocycles.